The van der Waals surface area contributed by atoms with Crippen molar-refractivity contribution in [1.82, 2.24) is 9.80 Å². The normalized spacial score (nSPS) is 16.3. The molecule has 24 heavy (non-hydrogen) atoms. The molecular formula is C19H20F2N2O. The Kier molecular flexibility index (Phi) is 5.02. The lowest BCUT2D eigenvalue weighted by Gasteiger charge is -2.32. The van der Waals surface area contributed by atoms with Gasteiger partial charge >= 0.3 is 0 Å². The highest BCUT2D eigenvalue weighted by molar-refractivity contribution is 6.09. The van der Waals surface area contributed by atoms with Crippen LogP contribution in [0.5, 0.6) is 0 Å². The van der Waals surface area contributed by atoms with Crippen LogP contribution in [0, 0.1) is 11.6 Å². The van der Waals surface area contributed by atoms with Gasteiger partial charge in [-0.25, -0.2) is 8.78 Å². The van der Waals surface area contributed by atoms with Crippen molar-refractivity contribution >= 4 is 5.78 Å². The van der Waals surface area contributed by atoms with Crippen molar-refractivity contribution in [1.29, 1.82) is 0 Å². The minimum atomic E-state index is -1.00. The fraction of sp³-hybridized carbons (Fsp3) is 0.316. The summed E-state index contributed by atoms with van der Waals surface area (Å²) in [5.41, 5.74) is 1.62. The number of hydrogen-bond donors (Lipinski definition) is 0. The molecule has 1 heterocycles. The molecule has 3 nitrogen and oxygen atoms in total. The molecule has 126 valence electrons. The Morgan fingerprint density at radius 2 is 1.71 bits per heavy atom. The van der Waals surface area contributed by atoms with Gasteiger partial charge in [0.25, 0.3) is 0 Å². The van der Waals surface area contributed by atoms with Crippen LogP contribution < -0.4 is 0 Å². The van der Waals surface area contributed by atoms with Gasteiger partial charge in [0.15, 0.2) is 17.4 Å². The van der Waals surface area contributed by atoms with Gasteiger partial charge in [-0.05, 0) is 30.8 Å². The number of hydrogen-bond acceptors (Lipinski definition) is 3. The largest absolute Gasteiger partial charge is 0.304 e. The highest BCUT2D eigenvalue weighted by Gasteiger charge is 2.19. The van der Waals surface area contributed by atoms with E-state index in [2.05, 4.69) is 16.8 Å². The Morgan fingerprint density at radius 1 is 1.00 bits per heavy atom. The molecule has 0 unspecified atom stereocenters. The van der Waals surface area contributed by atoms with Crippen LogP contribution in [0.15, 0.2) is 42.5 Å². The van der Waals surface area contributed by atoms with Crippen LogP contribution in [0.4, 0.5) is 8.78 Å². The van der Waals surface area contributed by atoms with Crippen molar-refractivity contribution in [3.8, 4) is 0 Å². The Morgan fingerprint density at radius 3 is 2.42 bits per heavy atom. The summed E-state index contributed by atoms with van der Waals surface area (Å²) in [5, 5.41) is 0. The Balaban J connectivity index is 1.83. The molecule has 0 saturated carbocycles. The van der Waals surface area contributed by atoms with Crippen molar-refractivity contribution in [3.05, 3.63) is 70.8 Å². The SMILES string of the molecule is CN1CCN(Cc2ccccc2C(=O)c2ccc(F)c(F)c2)CC1. The standard InChI is InChI=1S/C19H20F2N2O/c1-22-8-10-23(11-9-22)13-15-4-2-3-5-16(15)19(24)14-6-7-17(20)18(21)12-14/h2-7,12H,8-11,13H2,1H3. The van der Waals surface area contributed by atoms with Gasteiger partial charge in [-0.1, -0.05) is 24.3 Å². The van der Waals surface area contributed by atoms with E-state index in [1.807, 2.05) is 12.1 Å². The van der Waals surface area contributed by atoms with Crippen LogP contribution in [-0.2, 0) is 6.54 Å². The van der Waals surface area contributed by atoms with Crippen molar-refractivity contribution in [3.63, 3.8) is 0 Å². The molecular weight excluding hydrogens is 310 g/mol. The third kappa shape index (κ3) is 3.68. The average molecular weight is 330 g/mol. The predicted octanol–water partition coefficient (Wildman–Crippen LogP) is 2.94. The molecule has 5 heteroatoms. The zero-order valence-electron chi connectivity index (χ0n) is 13.6. The first kappa shape index (κ1) is 16.7. The first-order valence-corrected chi connectivity index (χ1v) is 8.03. The third-order valence-corrected chi connectivity index (χ3v) is 4.43. The van der Waals surface area contributed by atoms with Gasteiger partial charge in [0, 0.05) is 43.9 Å². The minimum absolute atomic E-state index is 0.166. The van der Waals surface area contributed by atoms with E-state index in [0.717, 1.165) is 43.9 Å². The first-order chi connectivity index (χ1) is 11.5. The summed E-state index contributed by atoms with van der Waals surface area (Å²) in [6.45, 7) is 4.58. The number of rotatable bonds is 4. The molecule has 2 aromatic carbocycles. The van der Waals surface area contributed by atoms with E-state index in [4.69, 9.17) is 0 Å². The second-order valence-corrected chi connectivity index (χ2v) is 6.19. The van der Waals surface area contributed by atoms with Gasteiger partial charge in [0.2, 0.25) is 0 Å². The van der Waals surface area contributed by atoms with E-state index in [1.54, 1.807) is 12.1 Å². The summed E-state index contributed by atoms with van der Waals surface area (Å²) in [6.07, 6.45) is 0. The molecule has 0 aromatic heterocycles. The maximum Gasteiger partial charge on any atom is 0.193 e. The lowest BCUT2D eigenvalue weighted by molar-refractivity contribution is 0.103. The number of ketones is 1. The Bertz CT molecular complexity index is 740. The quantitative estimate of drug-likeness (QED) is 0.806. The molecule has 0 aliphatic carbocycles. The summed E-state index contributed by atoms with van der Waals surface area (Å²) < 4.78 is 26.5. The van der Waals surface area contributed by atoms with E-state index >= 15 is 0 Å². The highest BCUT2D eigenvalue weighted by Crippen LogP contribution is 2.19. The first-order valence-electron chi connectivity index (χ1n) is 8.03. The molecule has 1 aliphatic heterocycles. The molecule has 0 atom stereocenters. The summed E-state index contributed by atoms with van der Waals surface area (Å²) in [5.74, 6) is -2.23. The summed E-state index contributed by atoms with van der Waals surface area (Å²) in [6, 6.07) is 10.6. The number of halogens is 2. The van der Waals surface area contributed by atoms with Crippen molar-refractivity contribution in [2.24, 2.45) is 0 Å². The summed E-state index contributed by atoms with van der Waals surface area (Å²) in [7, 11) is 2.10. The number of carbonyl (C=O) groups is 1. The van der Waals surface area contributed by atoms with Gasteiger partial charge in [-0.2, -0.15) is 0 Å². The second-order valence-electron chi connectivity index (χ2n) is 6.19. The van der Waals surface area contributed by atoms with E-state index in [0.29, 0.717) is 12.1 Å². The Hall–Kier alpha value is -2.11. The van der Waals surface area contributed by atoms with Crippen LogP contribution in [0.3, 0.4) is 0 Å². The maximum absolute atomic E-state index is 13.4. The number of nitrogens with zero attached hydrogens (tertiary/aromatic N) is 2. The lowest BCUT2D eigenvalue weighted by Crippen LogP contribution is -2.44. The zero-order valence-corrected chi connectivity index (χ0v) is 13.6. The highest BCUT2D eigenvalue weighted by atomic mass is 19.2. The van der Waals surface area contributed by atoms with E-state index < -0.39 is 11.6 Å². The molecule has 1 fully saturated rings. The molecule has 3 rings (SSSR count). The topological polar surface area (TPSA) is 23.6 Å². The Labute approximate surface area is 140 Å². The molecule has 1 saturated heterocycles. The summed E-state index contributed by atoms with van der Waals surface area (Å²) >= 11 is 0. The second kappa shape index (κ2) is 7.20. The molecule has 1 aliphatic rings. The number of piperazine rings is 1. The van der Waals surface area contributed by atoms with Gasteiger partial charge in [0.1, 0.15) is 0 Å². The summed E-state index contributed by atoms with van der Waals surface area (Å²) in [4.78, 5) is 17.3. The molecule has 0 amide bonds. The van der Waals surface area contributed by atoms with Gasteiger partial charge in [-0.3, -0.25) is 9.69 Å². The van der Waals surface area contributed by atoms with Gasteiger partial charge in [0.05, 0.1) is 0 Å². The fourth-order valence-corrected chi connectivity index (χ4v) is 2.92. The van der Waals surface area contributed by atoms with Crippen LogP contribution in [0.2, 0.25) is 0 Å². The third-order valence-electron chi connectivity index (χ3n) is 4.43. The van der Waals surface area contributed by atoms with Crippen molar-refractivity contribution < 1.29 is 13.6 Å². The monoisotopic (exact) mass is 330 g/mol. The fourth-order valence-electron chi connectivity index (χ4n) is 2.92. The average Bonchev–Trinajstić information content (AvgIpc) is 2.59. The number of benzene rings is 2. The van der Waals surface area contributed by atoms with Gasteiger partial charge in [-0.15, -0.1) is 0 Å². The number of carbonyl (C=O) groups excluding carboxylic acids is 1. The van der Waals surface area contributed by atoms with Gasteiger partial charge < -0.3 is 4.90 Å². The van der Waals surface area contributed by atoms with Crippen LogP contribution in [-0.4, -0.2) is 48.8 Å². The van der Waals surface area contributed by atoms with Crippen molar-refractivity contribution in [2.45, 2.75) is 6.54 Å². The number of likely N-dealkylation sites (N-methyl/N-ethyl adjacent to an activating group) is 1. The molecule has 0 spiro atoms. The molecule has 2 aromatic rings. The lowest BCUT2D eigenvalue weighted by atomic mass is 9.97. The minimum Gasteiger partial charge on any atom is -0.304 e. The van der Waals surface area contributed by atoms with Crippen molar-refractivity contribution in [2.75, 3.05) is 33.2 Å². The predicted molar refractivity (Wildman–Crippen MR) is 89.0 cm³/mol. The maximum atomic E-state index is 13.4. The van der Waals surface area contributed by atoms with Crippen LogP contribution in [0.1, 0.15) is 21.5 Å². The van der Waals surface area contributed by atoms with E-state index in [-0.39, 0.29) is 11.3 Å². The zero-order chi connectivity index (χ0) is 17.1. The molecule has 0 N–H and O–H groups in total. The van der Waals surface area contributed by atoms with Crippen LogP contribution in [0.25, 0.3) is 0 Å². The smallest absolute Gasteiger partial charge is 0.193 e. The van der Waals surface area contributed by atoms with E-state index in [9.17, 15) is 13.6 Å². The van der Waals surface area contributed by atoms with Crippen LogP contribution >= 0.6 is 0 Å². The molecule has 0 radical (unpaired) electrons. The molecule has 0 bridgehead atoms. The van der Waals surface area contributed by atoms with E-state index in [1.165, 1.54) is 6.07 Å².